The molecule has 0 unspecified atom stereocenters. The second kappa shape index (κ2) is 8.53. The van der Waals surface area contributed by atoms with Crippen molar-refractivity contribution in [2.45, 2.75) is 19.4 Å². The van der Waals surface area contributed by atoms with Crippen molar-refractivity contribution in [1.29, 1.82) is 0 Å². The van der Waals surface area contributed by atoms with Crippen LogP contribution in [-0.4, -0.2) is 17.1 Å². The smallest absolute Gasteiger partial charge is 0.137 e. The van der Waals surface area contributed by atoms with Crippen LogP contribution >= 0.6 is 0 Å². The molecule has 4 rings (SSSR count). The molecule has 0 radical (unpaired) electrons. The largest absolute Gasteiger partial charge is 0.496 e. The molecular formula is C24H23N3O. The highest BCUT2D eigenvalue weighted by Crippen LogP contribution is 2.23. The molecule has 1 aromatic heterocycles. The van der Waals surface area contributed by atoms with Crippen molar-refractivity contribution in [2.75, 3.05) is 12.4 Å². The number of hydrogen-bond acceptors (Lipinski definition) is 4. The molecule has 0 saturated heterocycles. The lowest BCUT2D eigenvalue weighted by atomic mass is 10.1. The van der Waals surface area contributed by atoms with Gasteiger partial charge in [0, 0.05) is 23.9 Å². The second-order valence-electron chi connectivity index (χ2n) is 6.66. The average molecular weight is 369 g/mol. The third-order valence-corrected chi connectivity index (χ3v) is 4.77. The summed E-state index contributed by atoms with van der Waals surface area (Å²) in [6.07, 6.45) is 1.73. The first-order valence-electron chi connectivity index (χ1n) is 9.49. The van der Waals surface area contributed by atoms with Crippen molar-refractivity contribution in [1.82, 2.24) is 9.97 Å². The first-order valence-corrected chi connectivity index (χ1v) is 9.49. The van der Waals surface area contributed by atoms with Crippen LogP contribution in [0.15, 0.2) is 78.9 Å². The summed E-state index contributed by atoms with van der Waals surface area (Å²) in [7, 11) is 1.70. The van der Waals surface area contributed by atoms with Crippen LogP contribution in [0.1, 0.15) is 17.0 Å². The van der Waals surface area contributed by atoms with E-state index in [0.717, 1.165) is 46.7 Å². The molecule has 0 spiro atoms. The van der Waals surface area contributed by atoms with Gasteiger partial charge in [-0.1, -0.05) is 60.7 Å². The van der Waals surface area contributed by atoms with E-state index in [0.29, 0.717) is 6.54 Å². The van der Waals surface area contributed by atoms with Gasteiger partial charge in [-0.15, -0.1) is 0 Å². The molecule has 0 amide bonds. The molecule has 1 heterocycles. The maximum atomic E-state index is 5.46. The summed E-state index contributed by atoms with van der Waals surface area (Å²) in [5, 5.41) is 4.51. The van der Waals surface area contributed by atoms with Crippen LogP contribution in [0.5, 0.6) is 5.75 Å². The van der Waals surface area contributed by atoms with Crippen molar-refractivity contribution < 1.29 is 4.74 Å². The number of benzene rings is 3. The minimum absolute atomic E-state index is 0.642. The summed E-state index contributed by atoms with van der Waals surface area (Å²) in [6.45, 7) is 0.642. The Balaban J connectivity index is 1.59. The Morgan fingerprint density at radius 3 is 2.39 bits per heavy atom. The van der Waals surface area contributed by atoms with Gasteiger partial charge in [0.05, 0.1) is 12.6 Å². The fourth-order valence-corrected chi connectivity index (χ4v) is 3.30. The zero-order valence-corrected chi connectivity index (χ0v) is 15.9. The third-order valence-electron chi connectivity index (χ3n) is 4.77. The van der Waals surface area contributed by atoms with Crippen LogP contribution in [0, 0.1) is 0 Å². The van der Waals surface area contributed by atoms with E-state index in [2.05, 4.69) is 41.7 Å². The van der Waals surface area contributed by atoms with E-state index >= 15 is 0 Å². The highest BCUT2D eigenvalue weighted by molar-refractivity contribution is 5.89. The number of fused-ring (bicyclic) bond motifs is 1. The predicted molar refractivity (Wildman–Crippen MR) is 114 cm³/mol. The molecule has 0 aliphatic rings. The summed E-state index contributed by atoms with van der Waals surface area (Å²) in [5.41, 5.74) is 3.35. The van der Waals surface area contributed by atoms with Crippen LogP contribution in [-0.2, 0) is 19.4 Å². The zero-order valence-electron chi connectivity index (χ0n) is 15.9. The van der Waals surface area contributed by atoms with E-state index in [4.69, 9.17) is 14.7 Å². The first-order chi connectivity index (χ1) is 13.8. The van der Waals surface area contributed by atoms with Gasteiger partial charge >= 0.3 is 0 Å². The van der Waals surface area contributed by atoms with E-state index < -0.39 is 0 Å². The highest BCUT2D eigenvalue weighted by atomic mass is 16.5. The maximum absolute atomic E-state index is 5.46. The molecule has 0 bridgehead atoms. The van der Waals surface area contributed by atoms with Crippen LogP contribution in [0.4, 0.5) is 5.82 Å². The van der Waals surface area contributed by atoms with Gasteiger partial charge in [0.15, 0.2) is 0 Å². The summed E-state index contributed by atoms with van der Waals surface area (Å²) >= 11 is 0. The molecule has 140 valence electrons. The standard InChI is InChI=1S/C24H23N3O/c1-28-22-14-8-5-11-19(22)17-25-24-20-12-6-7-13-21(20)26-23(27-24)16-15-18-9-3-2-4-10-18/h2-14H,15-17H2,1H3,(H,25,26,27). The summed E-state index contributed by atoms with van der Waals surface area (Å²) in [5.74, 6) is 2.59. The van der Waals surface area contributed by atoms with E-state index in [1.165, 1.54) is 5.56 Å². The van der Waals surface area contributed by atoms with Crippen molar-refractivity contribution in [3.05, 3.63) is 95.8 Å². The minimum atomic E-state index is 0.642. The van der Waals surface area contributed by atoms with Gasteiger partial charge < -0.3 is 10.1 Å². The summed E-state index contributed by atoms with van der Waals surface area (Å²) < 4.78 is 5.46. The Morgan fingerprint density at radius 2 is 1.54 bits per heavy atom. The number of hydrogen-bond donors (Lipinski definition) is 1. The quantitative estimate of drug-likeness (QED) is 0.496. The summed E-state index contributed by atoms with van der Waals surface area (Å²) in [4.78, 5) is 9.59. The molecule has 1 N–H and O–H groups in total. The van der Waals surface area contributed by atoms with Gasteiger partial charge in [0.2, 0.25) is 0 Å². The van der Waals surface area contributed by atoms with Gasteiger partial charge in [-0.05, 0) is 30.2 Å². The first kappa shape index (κ1) is 18.0. The Labute approximate surface area is 165 Å². The Morgan fingerprint density at radius 1 is 0.786 bits per heavy atom. The van der Waals surface area contributed by atoms with E-state index in [1.54, 1.807) is 7.11 Å². The van der Waals surface area contributed by atoms with Crippen LogP contribution in [0.25, 0.3) is 10.9 Å². The zero-order chi connectivity index (χ0) is 19.2. The van der Waals surface area contributed by atoms with E-state index in [9.17, 15) is 0 Å². The van der Waals surface area contributed by atoms with Crippen molar-refractivity contribution in [3.8, 4) is 5.75 Å². The molecule has 0 fully saturated rings. The lowest BCUT2D eigenvalue weighted by Crippen LogP contribution is -2.07. The van der Waals surface area contributed by atoms with E-state index in [1.807, 2.05) is 42.5 Å². The molecule has 3 aromatic carbocycles. The fourth-order valence-electron chi connectivity index (χ4n) is 3.30. The molecular weight excluding hydrogens is 346 g/mol. The van der Waals surface area contributed by atoms with Crippen molar-refractivity contribution in [2.24, 2.45) is 0 Å². The molecule has 4 heteroatoms. The highest BCUT2D eigenvalue weighted by Gasteiger charge is 2.09. The van der Waals surface area contributed by atoms with Crippen LogP contribution in [0.2, 0.25) is 0 Å². The monoisotopic (exact) mass is 369 g/mol. The normalized spacial score (nSPS) is 10.8. The molecule has 0 saturated carbocycles. The number of rotatable bonds is 7. The Bertz CT molecular complexity index is 1060. The number of ether oxygens (including phenoxy) is 1. The molecule has 0 aliphatic heterocycles. The SMILES string of the molecule is COc1ccccc1CNc1nc(CCc2ccccc2)nc2ccccc12. The van der Waals surface area contributed by atoms with E-state index in [-0.39, 0.29) is 0 Å². The van der Waals surface area contributed by atoms with Crippen LogP contribution in [0.3, 0.4) is 0 Å². The van der Waals surface area contributed by atoms with Crippen molar-refractivity contribution in [3.63, 3.8) is 0 Å². The number of nitrogens with one attached hydrogen (secondary N) is 1. The molecule has 0 atom stereocenters. The number of aryl methyl sites for hydroxylation is 2. The van der Waals surface area contributed by atoms with Crippen LogP contribution < -0.4 is 10.1 Å². The van der Waals surface area contributed by atoms with Gasteiger partial charge in [0.25, 0.3) is 0 Å². The number of aromatic nitrogens is 2. The predicted octanol–water partition coefficient (Wildman–Crippen LogP) is 5.04. The molecule has 4 nitrogen and oxygen atoms in total. The topological polar surface area (TPSA) is 47.0 Å². The maximum Gasteiger partial charge on any atom is 0.137 e. The fraction of sp³-hybridized carbons (Fsp3) is 0.167. The van der Waals surface area contributed by atoms with Gasteiger partial charge in [-0.25, -0.2) is 9.97 Å². The van der Waals surface area contributed by atoms with Gasteiger partial charge in [-0.2, -0.15) is 0 Å². The average Bonchev–Trinajstić information content (AvgIpc) is 2.77. The van der Waals surface area contributed by atoms with Gasteiger partial charge in [-0.3, -0.25) is 0 Å². The lowest BCUT2D eigenvalue weighted by Gasteiger charge is -2.13. The van der Waals surface area contributed by atoms with Crippen molar-refractivity contribution >= 4 is 16.7 Å². The second-order valence-corrected chi connectivity index (χ2v) is 6.66. The lowest BCUT2D eigenvalue weighted by molar-refractivity contribution is 0.410. The number of anilines is 1. The summed E-state index contributed by atoms with van der Waals surface area (Å²) in [6, 6.07) is 26.6. The molecule has 4 aromatic rings. The third kappa shape index (κ3) is 4.12. The van der Waals surface area contributed by atoms with Gasteiger partial charge in [0.1, 0.15) is 17.4 Å². The number of methoxy groups -OCH3 is 1. The molecule has 28 heavy (non-hydrogen) atoms. The minimum Gasteiger partial charge on any atom is -0.496 e. The Hall–Kier alpha value is -3.40. The number of nitrogens with zero attached hydrogens (tertiary/aromatic N) is 2. The Kier molecular flexibility index (Phi) is 5.48. The number of para-hydroxylation sites is 2. The molecule has 0 aliphatic carbocycles.